The van der Waals surface area contributed by atoms with E-state index in [1.165, 1.54) is 24.3 Å². The third-order valence-electron chi connectivity index (χ3n) is 4.46. The van der Waals surface area contributed by atoms with Gasteiger partial charge in [-0.1, -0.05) is 18.2 Å². The second kappa shape index (κ2) is 8.49. The minimum absolute atomic E-state index is 0.0289. The van der Waals surface area contributed by atoms with Gasteiger partial charge in [0.1, 0.15) is 10.8 Å². The third-order valence-corrected chi connectivity index (χ3v) is 5.35. The number of rotatable bonds is 5. The van der Waals surface area contributed by atoms with Crippen molar-refractivity contribution in [2.45, 2.75) is 6.92 Å². The molecule has 0 saturated carbocycles. The first-order chi connectivity index (χ1) is 15.0. The number of benzene rings is 2. The van der Waals surface area contributed by atoms with Crippen LogP contribution < -0.4 is 10.9 Å². The summed E-state index contributed by atoms with van der Waals surface area (Å²) in [6, 6.07) is 13.7. The van der Waals surface area contributed by atoms with Gasteiger partial charge in [0.2, 0.25) is 0 Å². The van der Waals surface area contributed by atoms with Gasteiger partial charge in [-0.15, -0.1) is 11.3 Å². The Morgan fingerprint density at radius 3 is 2.52 bits per heavy atom. The molecule has 0 fully saturated rings. The van der Waals surface area contributed by atoms with Crippen LogP contribution in [0.4, 0.5) is 9.39 Å². The van der Waals surface area contributed by atoms with E-state index < -0.39 is 23.3 Å². The average molecular weight is 437 g/mol. The number of nitrogens with one attached hydrogen (secondary N) is 1. The van der Waals surface area contributed by atoms with E-state index in [4.69, 9.17) is 4.74 Å². The van der Waals surface area contributed by atoms with Crippen LogP contribution >= 0.6 is 11.3 Å². The number of ether oxygens (including phenoxy) is 1. The predicted molar refractivity (Wildman–Crippen MR) is 116 cm³/mol. The van der Waals surface area contributed by atoms with Crippen LogP contribution in [0, 0.1) is 5.82 Å². The van der Waals surface area contributed by atoms with E-state index in [-0.39, 0.29) is 33.6 Å². The van der Waals surface area contributed by atoms with Gasteiger partial charge in [0.15, 0.2) is 5.69 Å². The van der Waals surface area contributed by atoms with Crippen molar-refractivity contribution >= 4 is 39.0 Å². The highest BCUT2D eigenvalue weighted by Crippen LogP contribution is 2.31. The zero-order valence-electron chi connectivity index (χ0n) is 16.3. The average Bonchev–Trinajstić information content (AvgIpc) is 3.19. The fourth-order valence-corrected chi connectivity index (χ4v) is 3.94. The number of carbonyl (C=O) groups excluding carboxylic acids is 2. The Morgan fingerprint density at radius 1 is 1.13 bits per heavy atom. The topological polar surface area (TPSA) is 90.3 Å². The molecule has 0 aliphatic carbocycles. The first-order valence-corrected chi connectivity index (χ1v) is 10.2. The molecule has 0 unspecified atom stereocenters. The normalized spacial score (nSPS) is 10.8. The molecule has 7 nitrogen and oxygen atoms in total. The molecule has 0 saturated heterocycles. The number of carbonyl (C=O) groups is 2. The summed E-state index contributed by atoms with van der Waals surface area (Å²) in [6.45, 7) is 1.81. The van der Waals surface area contributed by atoms with E-state index >= 15 is 0 Å². The maximum Gasteiger partial charge on any atom is 0.359 e. The summed E-state index contributed by atoms with van der Waals surface area (Å²) < 4.78 is 19.4. The van der Waals surface area contributed by atoms with Gasteiger partial charge in [-0.3, -0.25) is 9.59 Å². The summed E-state index contributed by atoms with van der Waals surface area (Å²) in [5.74, 6) is -1.65. The summed E-state index contributed by atoms with van der Waals surface area (Å²) in [5.41, 5.74) is 0.164. The zero-order valence-corrected chi connectivity index (χ0v) is 17.1. The molecule has 0 radical (unpaired) electrons. The van der Waals surface area contributed by atoms with Gasteiger partial charge in [0.05, 0.1) is 17.7 Å². The standard InChI is InChI=1S/C22H16FN3O4S/c1-2-30-22(29)18-16-12-31-20(24-19(27)13-8-10-14(23)11-9-13)17(16)21(28)26(25-18)15-6-4-3-5-7-15/h3-12H,2H2,1H3,(H,24,27). The Morgan fingerprint density at radius 2 is 1.84 bits per heavy atom. The van der Waals surface area contributed by atoms with Gasteiger partial charge < -0.3 is 10.1 Å². The molecule has 31 heavy (non-hydrogen) atoms. The van der Waals surface area contributed by atoms with E-state index in [9.17, 15) is 18.8 Å². The van der Waals surface area contributed by atoms with Gasteiger partial charge >= 0.3 is 5.97 Å². The van der Waals surface area contributed by atoms with E-state index in [2.05, 4.69) is 10.4 Å². The number of hydrogen-bond acceptors (Lipinski definition) is 6. The first-order valence-electron chi connectivity index (χ1n) is 9.33. The molecule has 4 rings (SSSR count). The molecule has 156 valence electrons. The summed E-state index contributed by atoms with van der Waals surface area (Å²) in [6.07, 6.45) is 0. The lowest BCUT2D eigenvalue weighted by Crippen LogP contribution is -2.25. The number of para-hydroxylation sites is 1. The third kappa shape index (κ3) is 3.95. The lowest BCUT2D eigenvalue weighted by Gasteiger charge is -2.10. The van der Waals surface area contributed by atoms with Crippen LogP contribution in [0.15, 0.2) is 64.8 Å². The molecule has 2 heterocycles. The maximum atomic E-state index is 13.3. The van der Waals surface area contributed by atoms with Gasteiger partial charge in [0, 0.05) is 16.3 Å². The molecule has 4 aromatic rings. The van der Waals surface area contributed by atoms with Gasteiger partial charge in [-0.2, -0.15) is 9.78 Å². The minimum atomic E-state index is -0.675. The van der Waals surface area contributed by atoms with Crippen LogP contribution in [0.3, 0.4) is 0 Å². The Bertz CT molecular complexity index is 1330. The molecule has 2 aromatic heterocycles. The number of amides is 1. The van der Waals surface area contributed by atoms with Crippen LogP contribution in [0.2, 0.25) is 0 Å². The largest absolute Gasteiger partial charge is 0.461 e. The Labute approximate surface area is 179 Å². The quantitative estimate of drug-likeness (QED) is 0.477. The maximum absolute atomic E-state index is 13.3. The van der Waals surface area contributed by atoms with Crippen molar-refractivity contribution in [2.24, 2.45) is 0 Å². The Balaban J connectivity index is 1.87. The molecule has 0 atom stereocenters. The van der Waals surface area contributed by atoms with Crippen molar-refractivity contribution in [3.8, 4) is 5.69 Å². The lowest BCUT2D eigenvalue weighted by molar-refractivity contribution is 0.0520. The number of hydrogen-bond donors (Lipinski definition) is 1. The summed E-state index contributed by atoms with van der Waals surface area (Å²) in [7, 11) is 0. The molecule has 0 aliphatic rings. The summed E-state index contributed by atoms with van der Waals surface area (Å²) >= 11 is 1.09. The summed E-state index contributed by atoms with van der Waals surface area (Å²) in [5, 5.41) is 9.17. The van der Waals surface area contributed by atoms with Crippen LogP contribution in [-0.2, 0) is 4.74 Å². The van der Waals surface area contributed by atoms with E-state index in [1.54, 1.807) is 42.6 Å². The lowest BCUT2D eigenvalue weighted by atomic mass is 10.2. The predicted octanol–water partition coefficient (Wildman–Crippen LogP) is 4.02. The molecule has 1 amide bonds. The van der Waals surface area contributed by atoms with E-state index in [1.807, 2.05) is 0 Å². The van der Waals surface area contributed by atoms with E-state index in [0.717, 1.165) is 16.0 Å². The van der Waals surface area contributed by atoms with Crippen LogP contribution in [0.5, 0.6) is 0 Å². The van der Waals surface area contributed by atoms with Crippen molar-refractivity contribution in [1.29, 1.82) is 0 Å². The second-order valence-corrected chi connectivity index (χ2v) is 7.32. The fraction of sp³-hybridized carbons (Fsp3) is 0.0909. The van der Waals surface area contributed by atoms with Gasteiger partial charge in [-0.05, 0) is 43.3 Å². The molecule has 2 aromatic carbocycles. The number of anilines is 1. The van der Waals surface area contributed by atoms with Crippen molar-refractivity contribution in [1.82, 2.24) is 9.78 Å². The first kappa shape index (κ1) is 20.4. The fourth-order valence-electron chi connectivity index (χ4n) is 3.01. The van der Waals surface area contributed by atoms with Crippen molar-refractivity contribution < 1.29 is 18.7 Å². The smallest absolute Gasteiger partial charge is 0.359 e. The molecule has 0 aliphatic heterocycles. The Hall–Kier alpha value is -3.85. The number of nitrogens with zero attached hydrogens (tertiary/aromatic N) is 2. The molecule has 0 bridgehead atoms. The summed E-state index contributed by atoms with van der Waals surface area (Å²) in [4.78, 5) is 38.4. The van der Waals surface area contributed by atoms with Crippen LogP contribution in [0.1, 0.15) is 27.8 Å². The Kier molecular flexibility index (Phi) is 5.59. The minimum Gasteiger partial charge on any atom is -0.461 e. The number of fused-ring (bicyclic) bond motifs is 1. The SMILES string of the molecule is CCOC(=O)c1nn(-c2ccccc2)c(=O)c2c(NC(=O)c3ccc(F)cc3)scc12. The molecular formula is C22H16FN3O4S. The number of aromatic nitrogens is 2. The van der Waals surface area contributed by atoms with Crippen LogP contribution in [-0.4, -0.2) is 28.3 Å². The van der Waals surface area contributed by atoms with Gasteiger partial charge in [-0.25, -0.2) is 9.18 Å². The zero-order chi connectivity index (χ0) is 22.0. The number of thiophene rings is 1. The number of halogens is 1. The van der Waals surface area contributed by atoms with Crippen molar-refractivity contribution in [3.63, 3.8) is 0 Å². The van der Waals surface area contributed by atoms with Crippen LogP contribution in [0.25, 0.3) is 16.5 Å². The van der Waals surface area contributed by atoms with Gasteiger partial charge in [0.25, 0.3) is 11.5 Å². The second-order valence-electron chi connectivity index (χ2n) is 6.44. The molecule has 9 heteroatoms. The molecular weight excluding hydrogens is 421 g/mol. The highest BCUT2D eigenvalue weighted by Gasteiger charge is 2.23. The molecule has 1 N–H and O–H groups in total. The highest BCUT2D eigenvalue weighted by molar-refractivity contribution is 7.16. The molecule has 0 spiro atoms. The monoisotopic (exact) mass is 437 g/mol. The van der Waals surface area contributed by atoms with Crippen molar-refractivity contribution in [2.75, 3.05) is 11.9 Å². The highest BCUT2D eigenvalue weighted by atomic mass is 32.1. The number of esters is 1. The van der Waals surface area contributed by atoms with Crippen molar-refractivity contribution in [3.05, 3.63) is 87.4 Å². The van der Waals surface area contributed by atoms with E-state index in [0.29, 0.717) is 5.69 Å².